The molecule has 1 fully saturated rings. The quantitative estimate of drug-likeness (QED) is 0.683. The summed E-state index contributed by atoms with van der Waals surface area (Å²) in [4.78, 5) is 12.6. The average molecular weight is 471 g/mol. The zero-order chi connectivity index (χ0) is 22.3. The number of nitrogens with one attached hydrogen (secondary N) is 1. The molecule has 9 heteroatoms. The van der Waals surface area contributed by atoms with Gasteiger partial charge < -0.3 is 15.8 Å². The van der Waals surface area contributed by atoms with Crippen LogP contribution >= 0.6 is 23.2 Å². The lowest BCUT2D eigenvalue weighted by Crippen LogP contribution is -2.49. The number of benzene rings is 2. The molecule has 2 aromatic rings. The lowest BCUT2D eigenvalue weighted by atomic mass is 10.1. The maximum atomic E-state index is 13.5. The Labute approximate surface area is 186 Å². The van der Waals surface area contributed by atoms with Crippen LogP contribution in [-0.4, -0.2) is 37.4 Å². The van der Waals surface area contributed by atoms with Gasteiger partial charge in [0.15, 0.2) is 9.84 Å². The highest BCUT2D eigenvalue weighted by molar-refractivity contribution is 7.92. The summed E-state index contributed by atoms with van der Waals surface area (Å²) in [5.41, 5.74) is 4.80. The van der Waals surface area contributed by atoms with Crippen LogP contribution in [0, 0.1) is 0 Å². The number of hydrogen-bond acceptors (Lipinski definition) is 5. The number of carbonyl (C=O) groups excluding carboxylic acids is 1. The van der Waals surface area contributed by atoms with E-state index in [1.807, 2.05) is 0 Å². The molecule has 0 aromatic heterocycles. The number of rotatable bonds is 5. The minimum Gasteiger partial charge on any atom is -0.444 e. The van der Waals surface area contributed by atoms with E-state index in [2.05, 4.69) is 5.32 Å². The number of sulfone groups is 1. The molecule has 0 radical (unpaired) electrons. The maximum absolute atomic E-state index is 13.5. The van der Waals surface area contributed by atoms with Gasteiger partial charge in [-0.15, -0.1) is 0 Å². The Morgan fingerprint density at radius 2 is 1.57 bits per heavy atom. The van der Waals surface area contributed by atoms with Crippen molar-refractivity contribution >= 4 is 39.1 Å². The second kappa shape index (κ2) is 8.04. The maximum Gasteiger partial charge on any atom is 0.408 e. The number of nitrogens with two attached hydrogens (primary N) is 1. The Balaban J connectivity index is 2.03. The molecule has 0 saturated heterocycles. The van der Waals surface area contributed by atoms with Crippen molar-refractivity contribution in [2.45, 2.75) is 48.0 Å². The first-order chi connectivity index (χ1) is 13.9. The van der Waals surface area contributed by atoms with Gasteiger partial charge in [0.05, 0.1) is 10.4 Å². The van der Waals surface area contributed by atoms with E-state index in [0.29, 0.717) is 15.6 Å². The summed E-state index contributed by atoms with van der Waals surface area (Å²) in [5, 5.41) is 2.73. The predicted molar refractivity (Wildman–Crippen MR) is 118 cm³/mol. The van der Waals surface area contributed by atoms with Crippen molar-refractivity contribution in [3.8, 4) is 0 Å². The largest absolute Gasteiger partial charge is 0.444 e. The van der Waals surface area contributed by atoms with Crippen molar-refractivity contribution in [3.63, 3.8) is 0 Å². The molecule has 3 rings (SSSR count). The molecule has 6 nitrogen and oxygen atoms in total. The van der Waals surface area contributed by atoms with Gasteiger partial charge in [-0.1, -0.05) is 35.3 Å². The van der Waals surface area contributed by atoms with E-state index in [-0.39, 0.29) is 11.4 Å². The van der Waals surface area contributed by atoms with Gasteiger partial charge in [-0.2, -0.15) is 0 Å². The van der Waals surface area contributed by atoms with E-state index in [1.165, 1.54) is 24.3 Å². The number of carbonyl (C=O) groups is 1. The molecule has 1 amide bonds. The minimum absolute atomic E-state index is 0.0863. The number of hydrogen-bond donors (Lipinski definition) is 2. The van der Waals surface area contributed by atoms with Crippen molar-refractivity contribution < 1.29 is 17.9 Å². The van der Waals surface area contributed by atoms with E-state index in [4.69, 9.17) is 33.7 Å². The highest BCUT2D eigenvalue weighted by atomic mass is 35.5. The van der Waals surface area contributed by atoms with Crippen LogP contribution < -0.4 is 11.1 Å². The third-order valence-electron chi connectivity index (χ3n) is 5.03. The Morgan fingerprint density at radius 1 is 1.07 bits per heavy atom. The lowest BCUT2D eigenvalue weighted by molar-refractivity contribution is 0.0497. The topological polar surface area (TPSA) is 98.5 Å². The SMILES string of the molecule is CC(C)(C)OC(=O)N[C@]1(CN)[C@H](c2ccc(Cl)cc2)[C@H]1S(=O)(=O)c1ccc(Cl)cc1. The van der Waals surface area contributed by atoms with Crippen molar-refractivity contribution in [1.82, 2.24) is 5.32 Å². The van der Waals surface area contributed by atoms with E-state index in [9.17, 15) is 13.2 Å². The molecule has 2 aromatic carbocycles. The fourth-order valence-corrected chi connectivity index (χ4v) is 6.31. The molecule has 3 atom stereocenters. The lowest BCUT2D eigenvalue weighted by Gasteiger charge is -2.24. The van der Waals surface area contributed by atoms with Gasteiger partial charge in [-0.3, -0.25) is 0 Å². The predicted octanol–water partition coefficient (Wildman–Crippen LogP) is 4.16. The number of ether oxygens (including phenoxy) is 1. The summed E-state index contributed by atoms with van der Waals surface area (Å²) >= 11 is 11.9. The summed E-state index contributed by atoms with van der Waals surface area (Å²) < 4.78 is 32.3. The van der Waals surface area contributed by atoms with Gasteiger partial charge in [-0.25, -0.2) is 13.2 Å². The summed E-state index contributed by atoms with van der Waals surface area (Å²) in [5.74, 6) is -0.562. The van der Waals surface area contributed by atoms with Crippen LogP contribution in [0.4, 0.5) is 4.79 Å². The van der Waals surface area contributed by atoms with Gasteiger partial charge in [0.1, 0.15) is 10.9 Å². The fraction of sp³-hybridized carbons (Fsp3) is 0.381. The van der Waals surface area contributed by atoms with E-state index in [1.54, 1.807) is 45.0 Å². The van der Waals surface area contributed by atoms with Crippen LogP contribution in [0.2, 0.25) is 10.0 Å². The van der Waals surface area contributed by atoms with Gasteiger partial charge in [0.25, 0.3) is 0 Å². The van der Waals surface area contributed by atoms with Crippen LogP contribution in [0.1, 0.15) is 32.3 Å². The molecular formula is C21H24Cl2N2O4S. The molecule has 0 aliphatic heterocycles. The molecule has 162 valence electrons. The normalized spacial score (nSPS) is 23.7. The fourth-order valence-electron chi connectivity index (χ4n) is 3.71. The van der Waals surface area contributed by atoms with Crippen LogP contribution in [0.5, 0.6) is 0 Å². The van der Waals surface area contributed by atoms with Crippen LogP contribution in [0.15, 0.2) is 53.4 Å². The highest BCUT2D eigenvalue weighted by Gasteiger charge is 2.71. The van der Waals surface area contributed by atoms with Gasteiger partial charge in [-0.05, 0) is 62.7 Å². The summed E-state index contributed by atoms with van der Waals surface area (Å²) in [7, 11) is -3.84. The standard InChI is InChI=1S/C21H24Cl2N2O4S/c1-20(2,3)29-19(26)25-21(12-24)17(13-4-6-14(22)7-5-13)18(21)30(27,28)16-10-8-15(23)9-11-16/h4-11,17-18H,12,24H2,1-3H3,(H,25,26)/t17-,18-,21-/m1/s1. The second-order valence-corrected chi connectivity index (χ2v) is 11.3. The Hall–Kier alpha value is -1.80. The molecule has 1 saturated carbocycles. The smallest absolute Gasteiger partial charge is 0.408 e. The van der Waals surface area contributed by atoms with Crippen LogP contribution in [0.25, 0.3) is 0 Å². The molecule has 0 heterocycles. The molecule has 0 bridgehead atoms. The summed E-state index contributed by atoms with van der Waals surface area (Å²) in [6.07, 6.45) is -0.722. The number of alkyl carbamates (subject to hydrolysis) is 1. The molecule has 3 N–H and O–H groups in total. The first-order valence-corrected chi connectivity index (χ1v) is 11.7. The van der Waals surface area contributed by atoms with Crippen molar-refractivity contribution in [2.24, 2.45) is 5.73 Å². The third-order valence-corrected chi connectivity index (χ3v) is 7.83. The monoisotopic (exact) mass is 470 g/mol. The zero-order valence-electron chi connectivity index (χ0n) is 16.9. The zero-order valence-corrected chi connectivity index (χ0v) is 19.2. The second-order valence-electron chi connectivity index (χ2n) is 8.32. The van der Waals surface area contributed by atoms with E-state index in [0.717, 1.165) is 0 Å². The Bertz CT molecular complexity index is 1030. The van der Waals surface area contributed by atoms with Crippen molar-refractivity contribution in [3.05, 3.63) is 64.1 Å². The van der Waals surface area contributed by atoms with E-state index >= 15 is 0 Å². The average Bonchev–Trinajstić information content (AvgIpc) is 3.30. The summed E-state index contributed by atoms with van der Waals surface area (Å²) in [6.45, 7) is 5.10. The number of halogens is 2. The molecule has 1 aliphatic rings. The molecular weight excluding hydrogens is 447 g/mol. The Morgan fingerprint density at radius 3 is 2.03 bits per heavy atom. The van der Waals surface area contributed by atoms with Crippen LogP contribution in [0.3, 0.4) is 0 Å². The van der Waals surface area contributed by atoms with Gasteiger partial charge >= 0.3 is 6.09 Å². The Kier molecular flexibility index (Phi) is 6.13. The van der Waals surface area contributed by atoms with Crippen LogP contribution in [-0.2, 0) is 14.6 Å². The minimum atomic E-state index is -3.84. The highest BCUT2D eigenvalue weighted by Crippen LogP contribution is 2.57. The van der Waals surface area contributed by atoms with Crippen molar-refractivity contribution in [1.29, 1.82) is 0 Å². The number of amides is 1. The van der Waals surface area contributed by atoms with Gasteiger partial charge in [0.2, 0.25) is 0 Å². The first-order valence-electron chi connectivity index (χ1n) is 9.37. The first kappa shape index (κ1) is 22.9. The molecule has 0 unspecified atom stereocenters. The molecule has 0 spiro atoms. The van der Waals surface area contributed by atoms with E-state index < -0.39 is 38.2 Å². The molecule has 1 aliphatic carbocycles. The van der Waals surface area contributed by atoms with Crippen molar-refractivity contribution in [2.75, 3.05) is 6.54 Å². The third kappa shape index (κ3) is 4.44. The van der Waals surface area contributed by atoms with Gasteiger partial charge in [0, 0.05) is 22.5 Å². The summed E-state index contributed by atoms with van der Waals surface area (Å²) in [6, 6.07) is 12.8. The molecule has 30 heavy (non-hydrogen) atoms.